The van der Waals surface area contributed by atoms with E-state index in [1.165, 1.54) is 0 Å². The third kappa shape index (κ3) is 1.69. The number of nitrogens with zero attached hydrogens (tertiary/aromatic N) is 3. The lowest BCUT2D eigenvalue weighted by Crippen LogP contribution is -1.97. The van der Waals surface area contributed by atoms with Gasteiger partial charge in [0.15, 0.2) is 0 Å². The van der Waals surface area contributed by atoms with E-state index >= 15 is 0 Å². The molecule has 5 heteroatoms. The number of nitrogens with two attached hydrogens (primary N) is 1. The lowest BCUT2D eigenvalue weighted by molar-refractivity contribution is 0.782. The molecular weight excluding hydrogens is 244 g/mol. The van der Waals surface area contributed by atoms with Crippen molar-refractivity contribution in [1.82, 2.24) is 14.8 Å². The number of aromatic nitrogens is 3. The van der Waals surface area contributed by atoms with Crippen LogP contribution >= 0.6 is 11.3 Å². The van der Waals surface area contributed by atoms with Gasteiger partial charge in [0.1, 0.15) is 11.5 Å². The van der Waals surface area contributed by atoms with E-state index in [1.807, 2.05) is 30.6 Å². The van der Waals surface area contributed by atoms with Crippen LogP contribution in [-0.4, -0.2) is 14.8 Å². The highest BCUT2D eigenvalue weighted by atomic mass is 32.1. The summed E-state index contributed by atoms with van der Waals surface area (Å²) in [6.45, 7) is 0. The van der Waals surface area contributed by atoms with Gasteiger partial charge in [-0.1, -0.05) is 6.07 Å². The summed E-state index contributed by atoms with van der Waals surface area (Å²) in [5.74, 6) is 0.685. The largest absolute Gasteiger partial charge is 0.383 e. The van der Waals surface area contributed by atoms with Gasteiger partial charge in [-0.25, -0.2) is 0 Å². The number of hydrogen-bond donors (Lipinski definition) is 1. The Morgan fingerprint density at radius 3 is 2.67 bits per heavy atom. The molecule has 0 aliphatic rings. The Balaban J connectivity index is 2.25. The summed E-state index contributed by atoms with van der Waals surface area (Å²) < 4.78 is 1.71. The molecule has 3 aromatic heterocycles. The average Bonchev–Trinajstić information content (AvgIpc) is 3.00. The first-order chi connectivity index (χ1) is 8.77. The van der Waals surface area contributed by atoms with Crippen LogP contribution in [-0.2, 0) is 7.05 Å². The van der Waals surface area contributed by atoms with Crippen LogP contribution in [0.1, 0.15) is 0 Å². The van der Waals surface area contributed by atoms with Crippen molar-refractivity contribution < 1.29 is 0 Å². The standard InChI is InChI=1S/C13H12N4S/c1-17-13(14)11(10-3-2-8-18-10)12(16-17)9-4-6-15-7-5-9/h2-8H,14H2,1H3. The van der Waals surface area contributed by atoms with Crippen LogP contribution in [0.4, 0.5) is 5.82 Å². The lowest BCUT2D eigenvalue weighted by Gasteiger charge is -2.00. The molecule has 0 amide bonds. The summed E-state index contributed by atoms with van der Waals surface area (Å²) >= 11 is 1.66. The zero-order valence-electron chi connectivity index (χ0n) is 9.87. The van der Waals surface area contributed by atoms with E-state index < -0.39 is 0 Å². The number of rotatable bonds is 2. The Morgan fingerprint density at radius 2 is 2.00 bits per heavy atom. The minimum absolute atomic E-state index is 0.685. The summed E-state index contributed by atoms with van der Waals surface area (Å²) in [7, 11) is 1.86. The second-order valence-electron chi connectivity index (χ2n) is 3.95. The second-order valence-corrected chi connectivity index (χ2v) is 4.89. The van der Waals surface area contributed by atoms with E-state index in [4.69, 9.17) is 5.73 Å². The molecule has 3 heterocycles. The van der Waals surface area contributed by atoms with Crippen molar-refractivity contribution in [2.24, 2.45) is 7.05 Å². The average molecular weight is 256 g/mol. The van der Waals surface area contributed by atoms with Crippen LogP contribution in [0.2, 0.25) is 0 Å². The molecule has 0 bridgehead atoms. The van der Waals surface area contributed by atoms with Crippen LogP contribution in [0.25, 0.3) is 21.7 Å². The first kappa shape index (κ1) is 11.0. The van der Waals surface area contributed by atoms with Crippen LogP contribution in [0.5, 0.6) is 0 Å². The monoisotopic (exact) mass is 256 g/mol. The summed E-state index contributed by atoms with van der Waals surface area (Å²) in [6.07, 6.45) is 3.52. The van der Waals surface area contributed by atoms with Crippen molar-refractivity contribution in [1.29, 1.82) is 0 Å². The van der Waals surface area contributed by atoms with Gasteiger partial charge >= 0.3 is 0 Å². The van der Waals surface area contributed by atoms with Gasteiger partial charge < -0.3 is 5.73 Å². The topological polar surface area (TPSA) is 56.7 Å². The normalized spacial score (nSPS) is 10.7. The summed E-state index contributed by atoms with van der Waals surface area (Å²) in [5, 5.41) is 6.55. The van der Waals surface area contributed by atoms with Crippen molar-refractivity contribution in [2.75, 3.05) is 5.73 Å². The van der Waals surface area contributed by atoms with Crippen molar-refractivity contribution >= 4 is 17.2 Å². The van der Waals surface area contributed by atoms with Gasteiger partial charge in [0.05, 0.1) is 5.56 Å². The van der Waals surface area contributed by atoms with E-state index in [2.05, 4.69) is 16.1 Å². The van der Waals surface area contributed by atoms with Gasteiger partial charge in [0.25, 0.3) is 0 Å². The predicted molar refractivity (Wildman–Crippen MR) is 74.2 cm³/mol. The summed E-state index contributed by atoms with van der Waals surface area (Å²) in [4.78, 5) is 5.16. The van der Waals surface area contributed by atoms with Crippen LogP contribution < -0.4 is 5.73 Å². The van der Waals surface area contributed by atoms with Crippen LogP contribution in [0, 0.1) is 0 Å². The summed E-state index contributed by atoms with van der Waals surface area (Å²) in [6, 6.07) is 7.96. The van der Waals surface area contributed by atoms with Crippen LogP contribution in [0.3, 0.4) is 0 Å². The summed E-state index contributed by atoms with van der Waals surface area (Å²) in [5.41, 5.74) is 9.05. The molecule has 3 rings (SSSR count). The molecule has 18 heavy (non-hydrogen) atoms. The number of aryl methyl sites for hydroxylation is 1. The quantitative estimate of drug-likeness (QED) is 0.767. The van der Waals surface area contributed by atoms with E-state index in [-0.39, 0.29) is 0 Å². The number of thiophene rings is 1. The van der Waals surface area contributed by atoms with Gasteiger partial charge in [0.2, 0.25) is 0 Å². The Hall–Kier alpha value is -2.14. The molecular formula is C13H12N4S. The van der Waals surface area contributed by atoms with Gasteiger partial charge in [-0.15, -0.1) is 11.3 Å². The second kappa shape index (κ2) is 4.27. The van der Waals surface area contributed by atoms with Gasteiger partial charge in [-0.3, -0.25) is 9.67 Å². The molecule has 0 atom stereocenters. The van der Waals surface area contributed by atoms with Gasteiger partial charge in [-0.05, 0) is 23.6 Å². The molecule has 0 aliphatic carbocycles. The SMILES string of the molecule is Cn1nc(-c2ccncc2)c(-c2cccs2)c1N. The van der Waals surface area contributed by atoms with Crippen molar-refractivity contribution in [3.05, 3.63) is 42.0 Å². The van der Waals surface area contributed by atoms with Crippen molar-refractivity contribution in [2.45, 2.75) is 0 Å². The van der Waals surface area contributed by atoms with Crippen molar-refractivity contribution in [3.8, 4) is 21.7 Å². The third-order valence-corrected chi connectivity index (χ3v) is 3.70. The first-order valence-electron chi connectivity index (χ1n) is 5.54. The van der Waals surface area contributed by atoms with Gasteiger partial charge in [-0.2, -0.15) is 5.10 Å². The zero-order valence-corrected chi connectivity index (χ0v) is 10.7. The minimum atomic E-state index is 0.685. The van der Waals surface area contributed by atoms with E-state index in [0.29, 0.717) is 5.82 Å². The highest BCUT2D eigenvalue weighted by molar-refractivity contribution is 7.13. The number of pyridine rings is 1. The Labute approximate surface area is 109 Å². The predicted octanol–water partition coefficient (Wildman–Crippen LogP) is 2.79. The number of anilines is 1. The maximum absolute atomic E-state index is 6.12. The highest BCUT2D eigenvalue weighted by Gasteiger charge is 2.17. The van der Waals surface area contributed by atoms with Gasteiger partial charge in [0, 0.05) is 29.9 Å². The smallest absolute Gasteiger partial charge is 0.130 e. The molecule has 0 radical (unpaired) electrons. The third-order valence-electron chi connectivity index (χ3n) is 2.81. The zero-order chi connectivity index (χ0) is 12.5. The van der Waals surface area contributed by atoms with E-state index in [9.17, 15) is 0 Å². The first-order valence-corrected chi connectivity index (χ1v) is 6.42. The number of hydrogen-bond acceptors (Lipinski definition) is 4. The lowest BCUT2D eigenvalue weighted by atomic mass is 10.1. The van der Waals surface area contributed by atoms with E-state index in [0.717, 1.165) is 21.7 Å². The molecule has 4 nitrogen and oxygen atoms in total. The maximum Gasteiger partial charge on any atom is 0.130 e. The molecule has 0 saturated carbocycles. The Morgan fingerprint density at radius 1 is 1.22 bits per heavy atom. The molecule has 90 valence electrons. The molecule has 0 fully saturated rings. The maximum atomic E-state index is 6.12. The van der Waals surface area contributed by atoms with Crippen molar-refractivity contribution in [3.63, 3.8) is 0 Å². The Bertz CT molecular complexity index is 656. The fourth-order valence-electron chi connectivity index (χ4n) is 1.91. The fourth-order valence-corrected chi connectivity index (χ4v) is 2.69. The molecule has 0 unspecified atom stereocenters. The molecule has 0 aromatic carbocycles. The molecule has 3 aromatic rings. The Kier molecular flexibility index (Phi) is 2.60. The minimum Gasteiger partial charge on any atom is -0.383 e. The molecule has 2 N–H and O–H groups in total. The highest BCUT2D eigenvalue weighted by Crippen LogP contribution is 2.37. The molecule has 0 aliphatic heterocycles. The van der Waals surface area contributed by atoms with E-state index in [1.54, 1.807) is 28.4 Å². The molecule has 0 spiro atoms. The fraction of sp³-hybridized carbons (Fsp3) is 0.0769. The number of nitrogen functional groups attached to an aromatic ring is 1. The van der Waals surface area contributed by atoms with Crippen LogP contribution in [0.15, 0.2) is 42.0 Å². The molecule has 0 saturated heterocycles.